The van der Waals surface area contributed by atoms with Crippen LogP contribution in [0.3, 0.4) is 0 Å². The number of carbonyl (C=O) groups excluding carboxylic acids is 2. The first kappa shape index (κ1) is 19.7. The molecule has 1 aromatic rings. The van der Waals surface area contributed by atoms with E-state index in [1.54, 1.807) is 7.05 Å². The first-order valence-electron chi connectivity index (χ1n) is 10.3. The quantitative estimate of drug-likeness (QED) is 0.861. The molecule has 2 aliphatic rings. The van der Waals surface area contributed by atoms with E-state index in [-0.39, 0.29) is 29.3 Å². The minimum absolute atomic E-state index is 0.0631. The van der Waals surface area contributed by atoms with E-state index >= 15 is 0 Å². The number of para-hydroxylation sites is 1. The van der Waals surface area contributed by atoms with Crippen LogP contribution in [0.4, 0.5) is 0 Å². The van der Waals surface area contributed by atoms with Crippen LogP contribution in [0, 0.1) is 5.92 Å². The van der Waals surface area contributed by atoms with Crippen molar-refractivity contribution in [3.8, 4) is 5.75 Å². The highest BCUT2D eigenvalue weighted by Gasteiger charge is 2.44. The van der Waals surface area contributed by atoms with Gasteiger partial charge in [-0.25, -0.2) is 0 Å². The molecular formula is C22H32N2O3. The van der Waals surface area contributed by atoms with E-state index < -0.39 is 0 Å². The lowest BCUT2D eigenvalue weighted by molar-refractivity contribution is -0.139. The maximum absolute atomic E-state index is 12.7. The molecule has 1 aromatic carbocycles. The minimum atomic E-state index is -0.266. The van der Waals surface area contributed by atoms with Crippen molar-refractivity contribution in [3.63, 3.8) is 0 Å². The number of carbonyl (C=O) groups is 2. The van der Waals surface area contributed by atoms with Gasteiger partial charge in [-0.15, -0.1) is 0 Å². The molecule has 2 amide bonds. The number of hydrogen-bond donors (Lipinski definition) is 1. The molecule has 1 N–H and O–H groups in total. The van der Waals surface area contributed by atoms with Crippen molar-refractivity contribution >= 4 is 11.8 Å². The molecule has 1 spiro atoms. The first-order valence-corrected chi connectivity index (χ1v) is 10.3. The highest BCUT2D eigenvalue weighted by molar-refractivity contribution is 5.79. The van der Waals surface area contributed by atoms with Crippen molar-refractivity contribution in [2.45, 2.75) is 63.9 Å². The Morgan fingerprint density at radius 3 is 2.52 bits per heavy atom. The monoisotopic (exact) mass is 372 g/mol. The number of hydrogen-bond acceptors (Lipinski definition) is 3. The third-order valence-corrected chi connectivity index (χ3v) is 6.34. The highest BCUT2D eigenvalue weighted by Crippen LogP contribution is 2.46. The molecule has 5 heteroatoms. The van der Waals surface area contributed by atoms with Gasteiger partial charge in [-0.2, -0.15) is 0 Å². The second kappa shape index (κ2) is 8.32. The number of piperidine rings is 1. The molecule has 5 nitrogen and oxygen atoms in total. The second-order valence-electron chi connectivity index (χ2n) is 7.94. The van der Waals surface area contributed by atoms with Crippen molar-refractivity contribution in [2.75, 3.05) is 20.1 Å². The van der Waals surface area contributed by atoms with Crippen LogP contribution in [-0.4, -0.2) is 42.5 Å². The summed E-state index contributed by atoms with van der Waals surface area (Å²) in [6.07, 6.45) is 4.78. The van der Waals surface area contributed by atoms with Gasteiger partial charge in [0, 0.05) is 51.2 Å². The van der Waals surface area contributed by atoms with Crippen LogP contribution >= 0.6 is 0 Å². The molecule has 0 aromatic heterocycles. The third-order valence-electron chi connectivity index (χ3n) is 6.34. The third kappa shape index (κ3) is 4.12. The number of benzene rings is 1. The topological polar surface area (TPSA) is 58.6 Å². The molecule has 148 valence electrons. The Balaban J connectivity index is 1.74. The Morgan fingerprint density at radius 1 is 1.22 bits per heavy atom. The number of nitrogens with zero attached hydrogens (tertiary/aromatic N) is 1. The van der Waals surface area contributed by atoms with Crippen LogP contribution in [0.5, 0.6) is 5.75 Å². The predicted molar refractivity (Wildman–Crippen MR) is 106 cm³/mol. The van der Waals surface area contributed by atoms with Crippen molar-refractivity contribution in [3.05, 3.63) is 29.8 Å². The van der Waals surface area contributed by atoms with E-state index in [0.29, 0.717) is 6.42 Å². The molecule has 1 fully saturated rings. The Labute approximate surface area is 162 Å². The van der Waals surface area contributed by atoms with E-state index in [4.69, 9.17) is 4.74 Å². The fourth-order valence-corrected chi connectivity index (χ4v) is 4.59. The van der Waals surface area contributed by atoms with E-state index in [1.807, 2.05) is 23.1 Å². The molecule has 0 aliphatic carbocycles. The van der Waals surface area contributed by atoms with Crippen molar-refractivity contribution < 1.29 is 14.3 Å². The normalized spacial score (nSPS) is 20.9. The van der Waals surface area contributed by atoms with E-state index in [9.17, 15) is 9.59 Å². The number of fused-ring (bicyclic) bond motifs is 1. The van der Waals surface area contributed by atoms with Gasteiger partial charge in [0.05, 0.1) is 0 Å². The van der Waals surface area contributed by atoms with Crippen LogP contribution in [0.2, 0.25) is 0 Å². The van der Waals surface area contributed by atoms with Gasteiger partial charge in [-0.05, 0) is 30.9 Å². The summed E-state index contributed by atoms with van der Waals surface area (Å²) in [7, 11) is 1.69. The molecular weight excluding hydrogens is 340 g/mol. The van der Waals surface area contributed by atoms with Gasteiger partial charge in [0.2, 0.25) is 11.8 Å². The summed E-state index contributed by atoms with van der Waals surface area (Å²) in [6, 6.07) is 8.07. The number of ether oxygens (including phenoxy) is 1. The van der Waals surface area contributed by atoms with Crippen molar-refractivity contribution in [1.82, 2.24) is 10.2 Å². The molecule has 1 saturated heterocycles. The van der Waals surface area contributed by atoms with Gasteiger partial charge in [0.15, 0.2) is 0 Å². The van der Waals surface area contributed by atoms with Crippen LogP contribution in [0.15, 0.2) is 24.3 Å². The lowest BCUT2D eigenvalue weighted by Crippen LogP contribution is -2.52. The molecule has 27 heavy (non-hydrogen) atoms. The second-order valence-corrected chi connectivity index (χ2v) is 7.94. The Morgan fingerprint density at radius 2 is 1.89 bits per heavy atom. The van der Waals surface area contributed by atoms with Gasteiger partial charge in [-0.3, -0.25) is 9.59 Å². The highest BCUT2D eigenvalue weighted by atomic mass is 16.5. The van der Waals surface area contributed by atoms with E-state index in [0.717, 1.165) is 56.5 Å². The van der Waals surface area contributed by atoms with Crippen LogP contribution in [0.25, 0.3) is 0 Å². The minimum Gasteiger partial charge on any atom is -0.487 e. The molecule has 2 heterocycles. The molecule has 0 bridgehead atoms. The fraction of sp³-hybridized carbons (Fsp3) is 0.636. The first-order chi connectivity index (χ1) is 13.0. The van der Waals surface area contributed by atoms with E-state index in [2.05, 4.69) is 25.2 Å². The molecule has 1 unspecified atom stereocenters. The standard InChI is InChI=1S/C22H32N2O3/c1-4-16(5-2)21(26)24-12-10-22(11-13-24)15-17(14-20(25)23-3)18-8-6-7-9-19(18)27-22/h6-9,16-17H,4-5,10-15H2,1-3H3,(H,23,25). The molecule has 1 atom stereocenters. The van der Waals surface area contributed by atoms with Crippen LogP contribution in [0.1, 0.15) is 63.9 Å². The van der Waals surface area contributed by atoms with Crippen LogP contribution in [-0.2, 0) is 9.59 Å². The van der Waals surface area contributed by atoms with Gasteiger partial charge < -0.3 is 15.0 Å². The summed E-state index contributed by atoms with van der Waals surface area (Å²) >= 11 is 0. The van der Waals surface area contributed by atoms with Crippen molar-refractivity contribution in [1.29, 1.82) is 0 Å². The zero-order valence-electron chi connectivity index (χ0n) is 16.8. The summed E-state index contributed by atoms with van der Waals surface area (Å²) in [6.45, 7) is 5.65. The molecule has 2 aliphatic heterocycles. The summed E-state index contributed by atoms with van der Waals surface area (Å²) in [5.41, 5.74) is 0.861. The largest absolute Gasteiger partial charge is 0.487 e. The molecule has 0 saturated carbocycles. The smallest absolute Gasteiger partial charge is 0.225 e. The summed E-state index contributed by atoms with van der Waals surface area (Å²) < 4.78 is 6.48. The SMILES string of the molecule is CCC(CC)C(=O)N1CCC2(CC1)CC(CC(=O)NC)c1ccccc1O2. The van der Waals surface area contributed by atoms with Gasteiger partial charge in [-0.1, -0.05) is 32.0 Å². The molecule has 0 radical (unpaired) electrons. The maximum atomic E-state index is 12.7. The number of rotatable bonds is 5. The van der Waals surface area contributed by atoms with Crippen LogP contribution < -0.4 is 10.1 Å². The number of amides is 2. The Kier molecular flexibility index (Phi) is 6.08. The zero-order valence-corrected chi connectivity index (χ0v) is 16.8. The average Bonchev–Trinajstić information content (AvgIpc) is 2.69. The summed E-state index contributed by atoms with van der Waals surface area (Å²) in [5.74, 6) is 1.54. The Hall–Kier alpha value is -2.04. The maximum Gasteiger partial charge on any atom is 0.225 e. The lowest BCUT2D eigenvalue weighted by Gasteiger charge is -2.47. The predicted octanol–water partition coefficient (Wildman–Crippen LogP) is 3.49. The zero-order chi connectivity index (χ0) is 19.4. The van der Waals surface area contributed by atoms with Gasteiger partial charge in [0.1, 0.15) is 11.4 Å². The van der Waals surface area contributed by atoms with Crippen molar-refractivity contribution in [2.24, 2.45) is 5.92 Å². The summed E-state index contributed by atoms with van der Waals surface area (Å²) in [4.78, 5) is 26.8. The fourth-order valence-electron chi connectivity index (χ4n) is 4.59. The van der Waals surface area contributed by atoms with Gasteiger partial charge in [0.25, 0.3) is 0 Å². The average molecular weight is 373 g/mol. The summed E-state index contributed by atoms with van der Waals surface area (Å²) in [5, 5.41) is 2.75. The van der Waals surface area contributed by atoms with Gasteiger partial charge >= 0.3 is 0 Å². The number of likely N-dealkylation sites (tertiary alicyclic amines) is 1. The molecule has 3 rings (SSSR count). The lowest BCUT2D eigenvalue weighted by atomic mass is 9.76. The number of nitrogens with one attached hydrogen (secondary N) is 1. The Bertz CT molecular complexity index is 676. The van der Waals surface area contributed by atoms with E-state index in [1.165, 1.54) is 0 Å².